The molecule has 4 heterocycles. The largest absolute Gasteiger partial charge is 0.389 e. The molecule has 0 aromatic carbocycles. The molecule has 3 atom stereocenters. The van der Waals surface area contributed by atoms with E-state index in [1.807, 2.05) is 6.08 Å². The summed E-state index contributed by atoms with van der Waals surface area (Å²) in [6, 6.07) is 7.47. The van der Waals surface area contributed by atoms with E-state index in [0.717, 1.165) is 87.8 Å². The number of nitrogens with zero attached hydrogens (tertiary/aromatic N) is 7. The molecule has 2 aromatic rings. The number of nitriles is 1. The molecule has 4 N–H and O–H groups in total. The molecule has 3 unspecified atom stereocenters. The number of nitrogen functional groups attached to an aromatic ring is 1. The molecule has 2 aromatic heterocycles. The maximum atomic E-state index is 9.95. The topological polar surface area (TPSA) is 114 Å². The van der Waals surface area contributed by atoms with Gasteiger partial charge in [-0.25, -0.2) is 4.98 Å². The summed E-state index contributed by atoms with van der Waals surface area (Å²) in [5.41, 5.74) is 17.3. The van der Waals surface area contributed by atoms with Crippen molar-refractivity contribution in [2.24, 2.45) is 10.7 Å². The number of thiophene rings is 1. The van der Waals surface area contributed by atoms with Crippen LogP contribution in [-0.4, -0.2) is 84.6 Å². The quantitative estimate of drug-likeness (QED) is 0.249. The number of piperazine rings is 2. The lowest BCUT2D eigenvalue weighted by Crippen LogP contribution is -2.54. The van der Waals surface area contributed by atoms with Crippen molar-refractivity contribution in [3.63, 3.8) is 0 Å². The molecule has 236 valence electrons. The number of rotatable bonds is 8. The predicted molar refractivity (Wildman–Crippen MR) is 185 cm³/mol. The van der Waals surface area contributed by atoms with Gasteiger partial charge >= 0.3 is 0 Å². The molecule has 5 rings (SSSR count). The number of anilines is 3. The van der Waals surface area contributed by atoms with Crippen LogP contribution in [0.15, 0.2) is 42.1 Å². The summed E-state index contributed by atoms with van der Waals surface area (Å²) in [5, 5.41) is 10.6. The van der Waals surface area contributed by atoms with Crippen LogP contribution in [0.4, 0.5) is 16.5 Å². The molecule has 0 saturated carbocycles. The highest BCUT2D eigenvalue weighted by atomic mass is 32.1. The molecule has 0 amide bonds. The van der Waals surface area contributed by atoms with Gasteiger partial charge in [0.15, 0.2) is 0 Å². The number of nitrogens with two attached hydrogens (primary N) is 2. The summed E-state index contributed by atoms with van der Waals surface area (Å²) >= 11 is 1.55. The van der Waals surface area contributed by atoms with Crippen molar-refractivity contribution < 1.29 is 0 Å². The number of aryl methyl sites for hydroxylation is 1. The minimum atomic E-state index is -0.329. The summed E-state index contributed by atoms with van der Waals surface area (Å²) in [5.74, 6) is 1.38. The zero-order valence-electron chi connectivity index (χ0n) is 27.1. The summed E-state index contributed by atoms with van der Waals surface area (Å²) in [7, 11) is 0. The fraction of sp³-hybridized carbons (Fsp3) is 0.559. The lowest BCUT2D eigenvalue weighted by atomic mass is 9.68. The number of aliphatic imine (C=N–C) groups is 1. The smallest absolute Gasteiger partial charge is 0.145 e. The van der Waals surface area contributed by atoms with E-state index in [2.05, 4.69) is 85.6 Å². The van der Waals surface area contributed by atoms with E-state index >= 15 is 0 Å². The molecule has 44 heavy (non-hydrogen) atoms. The predicted octanol–water partition coefficient (Wildman–Crippen LogP) is 4.73. The Bertz CT molecular complexity index is 1460. The van der Waals surface area contributed by atoms with Crippen molar-refractivity contribution in [2.45, 2.75) is 77.4 Å². The molecule has 1 aliphatic carbocycles. The van der Waals surface area contributed by atoms with E-state index in [0.29, 0.717) is 34.2 Å². The van der Waals surface area contributed by atoms with E-state index < -0.39 is 0 Å². The first-order valence-electron chi connectivity index (χ1n) is 16.0. The molecule has 10 heteroatoms. The van der Waals surface area contributed by atoms with Gasteiger partial charge in [-0.2, -0.15) is 5.26 Å². The van der Waals surface area contributed by atoms with Gasteiger partial charge in [0.2, 0.25) is 0 Å². The van der Waals surface area contributed by atoms with Crippen LogP contribution in [0.5, 0.6) is 0 Å². The van der Waals surface area contributed by atoms with Crippen molar-refractivity contribution >= 4 is 33.7 Å². The Morgan fingerprint density at radius 2 is 1.89 bits per heavy atom. The lowest BCUT2D eigenvalue weighted by molar-refractivity contribution is 0.148. The number of fused-ring (bicyclic) bond motifs is 1. The minimum Gasteiger partial charge on any atom is -0.389 e. The summed E-state index contributed by atoms with van der Waals surface area (Å²) in [6.07, 6.45) is 4.75. The van der Waals surface area contributed by atoms with Gasteiger partial charge in [-0.3, -0.25) is 9.89 Å². The number of allylic oxidation sites excluding steroid dienone is 1. The van der Waals surface area contributed by atoms with Gasteiger partial charge in [0.05, 0.1) is 11.6 Å². The van der Waals surface area contributed by atoms with Crippen LogP contribution in [0, 0.1) is 11.3 Å². The Kier molecular flexibility index (Phi) is 9.28. The van der Waals surface area contributed by atoms with Crippen molar-refractivity contribution in [2.75, 3.05) is 61.3 Å². The first kappa shape index (κ1) is 31.9. The third-order valence-corrected chi connectivity index (χ3v) is 11.1. The van der Waals surface area contributed by atoms with Crippen molar-refractivity contribution in [3.8, 4) is 6.07 Å². The Morgan fingerprint density at radius 3 is 2.52 bits per heavy atom. The molecule has 2 saturated heterocycles. The number of amidine groups is 1. The molecule has 0 radical (unpaired) electrons. The van der Waals surface area contributed by atoms with Gasteiger partial charge in [0.25, 0.3) is 0 Å². The van der Waals surface area contributed by atoms with Crippen LogP contribution in [0.25, 0.3) is 0 Å². The average molecular weight is 616 g/mol. The van der Waals surface area contributed by atoms with Gasteiger partial charge in [0, 0.05) is 85.6 Å². The first-order chi connectivity index (χ1) is 21.0. The summed E-state index contributed by atoms with van der Waals surface area (Å²) in [6.45, 7) is 25.5. The molecule has 2 fully saturated rings. The van der Waals surface area contributed by atoms with Crippen LogP contribution in [0.2, 0.25) is 0 Å². The molecule has 3 aliphatic rings. The Balaban J connectivity index is 1.48. The first-order valence-corrected chi connectivity index (χ1v) is 16.8. The van der Waals surface area contributed by atoms with Crippen LogP contribution in [-0.2, 0) is 11.8 Å². The molecule has 0 spiro atoms. The van der Waals surface area contributed by atoms with Gasteiger partial charge < -0.3 is 26.2 Å². The summed E-state index contributed by atoms with van der Waals surface area (Å²) in [4.78, 5) is 21.1. The van der Waals surface area contributed by atoms with Gasteiger partial charge in [-0.05, 0) is 64.7 Å². The second kappa shape index (κ2) is 12.8. The van der Waals surface area contributed by atoms with Crippen LogP contribution < -0.4 is 21.3 Å². The highest BCUT2D eigenvalue weighted by Crippen LogP contribution is 2.48. The van der Waals surface area contributed by atoms with Gasteiger partial charge in [-0.15, -0.1) is 11.3 Å². The Hall–Kier alpha value is -3.55. The zero-order chi connectivity index (χ0) is 31.8. The third-order valence-electron chi connectivity index (χ3n) is 10.1. The number of hydrogen-bond donors (Lipinski definition) is 2. The standard InChI is InChI=1S/C34H49N9S/c1-8-23(4)40-12-14-41(15-13-40)26-18-28(39-30(19-26)42-16-17-43(22(2)3)24(5)21-42)32(36)38-25(6)34(7)11-9-10-29-31(34)27(20-35)33(37)44-29/h8,18-19,22,24-25H,1,4,9-17,21,37H2,2-3,5-7H3,(H2,36,38). The highest BCUT2D eigenvalue weighted by molar-refractivity contribution is 7.16. The number of pyridine rings is 1. The monoisotopic (exact) mass is 615 g/mol. The SMILES string of the molecule is C=CC(=C)N1CCN(c2cc(C(N)=NC(C)C3(C)CCCc4sc(N)c(C#N)c43)nc(N3CCN(C(C)C)C(C)C3)c2)CC1. The van der Waals surface area contributed by atoms with Gasteiger partial charge in [-0.1, -0.05) is 20.1 Å². The molecule has 9 nitrogen and oxygen atoms in total. The van der Waals surface area contributed by atoms with Crippen molar-refractivity contribution in [3.05, 3.63) is 58.8 Å². The normalized spacial score (nSPS) is 23.8. The maximum absolute atomic E-state index is 9.95. The van der Waals surface area contributed by atoms with Crippen LogP contribution >= 0.6 is 11.3 Å². The second-order valence-electron chi connectivity index (χ2n) is 13.1. The van der Waals surface area contributed by atoms with Crippen LogP contribution in [0.3, 0.4) is 0 Å². The lowest BCUT2D eigenvalue weighted by Gasteiger charge is -2.43. The average Bonchev–Trinajstić information content (AvgIpc) is 3.36. The Morgan fingerprint density at radius 1 is 1.18 bits per heavy atom. The second-order valence-corrected chi connectivity index (χ2v) is 14.2. The number of hydrogen-bond acceptors (Lipinski definition) is 9. The van der Waals surface area contributed by atoms with Gasteiger partial charge in [0.1, 0.15) is 28.4 Å². The van der Waals surface area contributed by atoms with E-state index in [-0.39, 0.29) is 11.5 Å². The third kappa shape index (κ3) is 6.04. The van der Waals surface area contributed by atoms with E-state index in [4.69, 9.17) is 21.4 Å². The molecule has 0 bridgehead atoms. The van der Waals surface area contributed by atoms with E-state index in [9.17, 15) is 5.26 Å². The van der Waals surface area contributed by atoms with Crippen LogP contribution in [0.1, 0.15) is 69.2 Å². The van der Waals surface area contributed by atoms with E-state index in [1.54, 1.807) is 11.3 Å². The molecular formula is C34H49N9S. The fourth-order valence-corrected chi connectivity index (χ4v) is 8.47. The fourth-order valence-electron chi connectivity index (χ4n) is 7.27. The van der Waals surface area contributed by atoms with E-state index in [1.165, 1.54) is 4.88 Å². The highest BCUT2D eigenvalue weighted by Gasteiger charge is 2.41. The van der Waals surface area contributed by atoms with Crippen molar-refractivity contribution in [1.29, 1.82) is 5.26 Å². The minimum absolute atomic E-state index is 0.153. The molecular weight excluding hydrogens is 567 g/mol. The zero-order valence-corrected chi connectivity index (χ0v) is 28.0. The maximum Gasteiger partial charge on any atom is 0.145 e. The molecule has 2 aliphatic heterocycles. The number of aromatic nitrogens is 1. The van der Waals surface area contributed by atoms with Crippen molar-refractivity contribution in [1.82, 2.24) is 14.8 Å². The summed E-state index contributed by atoms with van der Waals surface area (Å²) < 4.78 is 0. The Labute approximate surface area is 267 Å².